The molecule has 1 aliphatic carbocycles. The van der Waals surface area contributed by atoms with E-state index in [1.807, 2.05) is 0 Å². The Morgan fingerprint density at radius 2 is 1.82 bits per heavy atom. The number of rotatable bonds is 0. The third-order valence-corrected chi connectivity index (χ3v) is 2.98. The average molecular weight is 176 g/mol. The third kappa shape index (κ3) is 1.30. The van der Waals surface area contributed by atoms with Crippen molar-refractivity contribution in [2.75, 3.05) is 13.1 Å². The number of carbonyl (C=O) groups excluding carboxylic acids is 1. The second-order valence-corrected chi connectivity index (χ2v) is 3.45. The van der Waals surface area contributed by atoms with Crippen LogP contribution in [0.25, 0.3) is 0 Å². The molecule has 2 rings (SSSR count). The Bertz CT molecular complexity index is 163. The Balaban J connectivity index is 0.000000605. The number of piperidine rings is 1. The summed E-state index contributed by atoms with van der Waals surface area (Å²) in [5.74, 6) is 0.522. The normalized spacial score (nSPS) is 27.5. The molecule has 1 N–H and O–H groups in total. The maximum atomic E-state index is 11.2. The van der Waals surface area contributed by atoms with Crippen molar-refractivity contribution in [2.24, 2.45) is 5.41 Å². The highest BCUT2D eigenvalue weighted by Gasteiger charge is 2.45. The Morgan fingerprint density at radius 1 is 1.18 bits per heavy atom. The zero-order valence-corrected chi connectivity index (χ0v) is 7.38. The fourth-order valence-corrected chi connectivity index (χ4v) is 2.01. The molecule has 0 atom stereocenters. The molecule has 0 aromatic rings. The average Bonchev–Trinajstić information content (AvgIpc) is 2.04. The van der Waals surface area contributed by atoms with Crippen molar-refractivity contribution in [3.8, 4) is 0 Å². The van der Waals surface area contributed by atoms with Gasteiger partial charge in [-0.3, -0.25) is 4.79 Å². The van der Waals surface area contributed by atoms with Gasteiger partial charge < -0.3 is 5.32 Å². The topological polar surface area (TPSA) is 29.1 Å². The number of hydrogen-bond acceptors (Lipinski definition) is 2. The van der Waals surface area contributed by atoms with Crippen LogP contribution in [-0.2, 0) is 4.79 Å². The van der Waals surface area contributed by atoms with Crippen LogP contribution in [0.15, 0.2) is 0 Å². The van der Waals surface area contributed by atoms with Gasteiger partial charge in [-0.2, -0.15) is 0 Å². The molecule has 1 saturated heterocycles. The molecule has 0 bridgehead atoms. The monoisotopic (exact) mass is 175 g/mol. The standard InChI is InChI=1S/C8H13NO.ClH/c10-7-1-2-8(7)3-5-9-6-4-8;/h9H,1-6H2;1H. The maximum absolute atomic E-state index is 11.2. The molecule has 1 saturated carbocycles. The molecule has 2 aliphatic rings. The molecule has 2 fully saturated rings. The predicted molar refractivity (Wildman–Crippen MR) is 46.0 cm³/mol. The van der Waals surface area contributed by atoms with Crippen LogP contribution in [-0.4, -0.2) is 18.9 Å². The highest BCUT2D eigenvalue weighted by atomic mass is 35.5. The van der Waals surface area contributed by atoms with E-state index >= 15 is 0 Å². The summed E-state index contributed by atoms with van der Waals surface area (Å²) in [5, 5.41) is 3.28. The first kappa shape index (κ1) is 9.01. The molecule has 11 heavy (non-hydrogen) atoms. The molecule has 1 heterocycles. The van der Waals surface area contributed by atoms with Crippen molar-refractivity contribution in [1.29, 1.82) is 0 Å². The van der Waals surface area contributed by atoms with Gasteiger partial charge in [0.15, 0.2) is 0 Å². The number of ketones is 1. The highest BCUT2D eigenvalue weighted by molar-refractivity contribution is 5.90. The van der Waals surface area contributed by atoms with E-state index in [1.165, 1.54) is 0 Å². The van der Waals surface area contributed by atoms with Crippen LogP contribution in [0.2, 0.25) is 0 Å². The SMILES string of the molecule is Cl.O=C1CCC12CCNCC2. The Kier molecular flexibility index (Phi) is 2.55. The van der Waals surface area contributed by atoms with Gasteiger partial charge in [0.1, 0.15) is 5.78 Å². The van der Waals surface area contributed by atoms with Crippen LogP contribution >= 0.6 is 12.4 Å². The van der Waals surface area contributed by atoms with Crippen molar-refractivity contribution >= 4 is 18.2 Å². The first-order valence-corrected chi connectivity index (χ1v) is 4.08. The van der Waals surface area contributed by atoms with Gasteiger partial charge >= 0.3 is 0 Å². The van der Waals surface area contributed by atoms with Crippen LogP contribution in [0.5, 0.6) is 0 Å². The van der Waals surface area contributed by atoms with Crippen molar-refractivity contribution in [3.05, 3.63) is 0 Å². The quantitative estimate of drug-likeness (QED) is 0.599. The second kappa shape index (κ2) is 3.11. The maximum Gasteiger partial charge on any atom is 0.139 e. The molecule has 1 spiro atoms. The smallest absolute Gasteiger partial charge is 0.139 e. The molecule has 0 radical (unpaired) electrons. The van der Waals surface area contributed by atoms with E-state index in [0.29, 0.717) is 5.78 Å². The van der Waals surface area contributed by atoms with Crippen molar-refractivity contribution < 1.29 is 4.79 Å². The van der Waals surface area contributed by atoms with Crippen molar-refractivity contribution in [1.82, 2.24) is 5.32 Å². The fraction of sp³-hybridized carbons (Fsp3) is 0.875. The Labute approximate surface area is 73.1 Å². The molecule has 0 aromatic heterocycles. The van der Waals surface area contributed by atoms with E-state index in [-0.39, 0.29) is 17.8 Å². The molecule has 0 aromatic carbocycles. The van der Waals surface area contributed by atoms with Gasteiger partial charge in [-0.15, -0.1) is 12.4 Å². The molecular formula is C8H14ClNO. The highest BCUT2D eigenvalue weighted by Crippen LogP contribution is 2.44. The zero-order chi connectivity index (χ0) is 7.03. The summed E-state index contributed by atoms with van der Waals surface area (Å²) in [7, 11) is 0. The summed E-state index contributed by atoms with van der Waals surface area (Å²) < 4.78 is 0. The van der Waals surface area contributed by atoms with Crippen molar-refractivity contribution in [2.45, 2.75) is 25.7 Å². The predicted octanol–water partition coefficient (Wildman–Crippen LogP) is 1.14. The molecule has 3 heteroatoms. The molecule has 64 valence electrons. The van der Waals surface area contributed by atoms with Crippen molar-refractivity contribution in [3.63, 3.8) is 0 Å². The summed E-state index contributed by atoms with van der Waals surface area (Å²) >= 11 is 0. The van der Waals surface area contributed by atoms with Gasteiger partial charge in [-0.1, -0.05) is 0 Å². The number of Topliss-reactive ketones (excluding diaryl/α,β-unsaturated/α-hetero) is 1. The minimum absolute atomic E-state index is 0. The van der Waals surface area contributed by atoms with Gasteiger partial charge in [0.2, 0.25) is 0 Å². The van der Waals surface area contributed by atoms with E-state index < -0.39 is 0 Å². The third-order valence-electron chi connectivity index (χ3n) is 2.98. The lowest BCUT2D eigenvalue weighted by molar-refractivity contribution is -0.140. The minimum Gasteiger partial charge on any atom is -0.317 e. The van der Waals surface area contributed by atoms with E-state index in [2.05, 4.69) is 5.32 Å². The molecule has 0 unspecified atom stereocenters. The largest absolute Gasteiger partial charge is 0.317 e. The van der Waals surface area contributed by atoms with E-state index in [1.54, 1.807) is 0 Å². The number of hydrogen-bond donors (Lipinski definition) is 1. The number of carbonyl (C=O) groups is 1. The number of halogens is 1. The van der Waals surface area contributed by atoms with E-state index in [9.17, 15) is 4.79 Å². The Hall–Kier alpha value is -0.0800. The van der Waals surface area contributed by atoms with E-state index in [4.69, 9.17) is 0 Å². The lowest BCUT2D eigenvalue weighted by Crippen LogP contribution is -2.48. The van der Waals surface area contributed by atoms with Gasteiger partial charge in [0.05, 0.1) is 0 Å². The Morgan fingerprint density at radius 3 is 2.09 bits per heavy atom. The second-order valence-electron chi connectivity index (χ2n) is 3.45. The van der Waals surface area contributed by atoms with Crippen LogP contribution in [0.1, 0.15) is 25.7 Å². The molecule has 0 amide bonds. The first-order valence-electron chi connectivity index (χ1n) is 4.08. The van der Waals surface area contributed by atoms with Crippen LogP contribution < -0.4 is 5.32 Å². The zero-order valence-electron chi connectivity index (χ0n) is 6.56. The molecule has 1 aliphatic heterocycles. The summed E-state index contributed by atoms with van der Waals surface area (Å²) in [4.78, 5) is 11.2. The van der Waals surface area contributed by atoms with Gasteiger partial charge in [-0.25, -0.2) is 0 Å². The summed E-state index contributed by atoms with van der Waals surface area (Å²) in [5.41, 5.74) is 0.158. The van der Waals surface area contributed by atoms with Crippen LogP contribution in [0, 0.1) is 5.41 Å². The summed E-state index contributed by atoms with van der Waals surface area (Å²) in [6.45, 7) is 2.09. The lowest BCUT2D eigenvalue weighted by Gasteiger charge is -2.43. The van der Waals surface area contributed by atoms with Crippen LogP contribution in [0.3, 0.4) is 0 Å². The van der Waals surface area contributed by atoms with E-state index in [0.717, 1.165) is 38.8 Å². The van der Waals surface area contributed by atoms with Crippen LogP contribution in [0.4, 0.5) is 0 Å². The first-order chi connectivity index (χ1) is 4.83. The fourth-order valence-electron chi connectivity index (χ4n) is 2.01. The molecule has 2 nitrogen and oxygen atoms in total. The van der Waals surface area contributed by atoms with Gasteiger partial charge in [0, 0.05) is 11.8 Å². The number of nitrogens with one attached hydrogen (secondary N) is 1. The molecular weight excluding hydrogens is 162 g/mol. The lowest BCUT2D eigenvalue weighted by atomic mass is 9.62. The summed E-state index contributed by atoms with van der Waals surface area (Å²) in [6.07, 6.45) is 4.19. The minimum atomic E-state index is 0. The van der Waals surface area contributed by atoms with Gasteiger partial charge in [-0.05, 0) is 32.4 Å². The summed E-state index contributed by atoms with van der Waals surface area (Å²) in [6, 6.07) is 0. The van der Waals surface area contributed by atoms with Gasteiger partial charge in [0.25, 0.3) is 0 Å².